The fourth-order valence-corrected chi connectivity index (χ4v) is 4.02. The summed E-state index contributed by atoms with van der Waals surface area (Å²) < 4.78 is 15.8. The molecule has 41 heavy (non-hydrogen) atoms. The van der Waals surface area contributed by atoms with Crippen LogP contribution in [-0.4, -0.2) is 80.5 Å². The summed E-state index contributed by atoms with van der Waals surface area (Å²) in [6.07, 6.45) is 0. The van der Waals surface area contributed by atoms with E-state index in [2.05, 4.69) is 0 Å². The van der Waals surface area contributed by atoms with Crippen molar-refractivity contribution in [1.29, 1.82) is 0 Å². The molecule has 0 radical (unpaired) electrons. The molecule has 0 aliphatic rings. The lowest BCUT2D eigenvalue weighted by Gasteiger charge is -2.29. The second-order valence-electron chi connectivity index (χ2n) is 9.11. The summed E-state index contributed by atoms with van der Waals surface area (Å²) in [6, 6.07) is 24.6. The molecule has 3 aromatic carbocycles. The molecule has 0 aliphatic carbocycles. The number of hydrogen-bond acceptors (Lipinski definition) is 7. The van der Waals surface area contributed by atoms with Gasteiger partial charge in [0.15, 0.2) is 11.5 Å². The first kappa shape index (κ1) is 30.8. The zero-order chi connectivity index (χ0) is 29.6. The lowest BCUT2D eigenvalue weighted by molar-refractivity contribution is -0.142. The van der Waals surface area contributed by atoms with E-state index in [1.165, 1.54) is 35.8 Å². The van der Waals surface area contributed by atoms with Crippen LogP contribution in [0.2, 0.25) is 0 Å². The number of benzene rings is 3. The molecule has 10 nitrogen and oxygen atoms in total. The maximum atomic E-state index is 13.8. The Bertz CT molecular complexity index is 1300. The van der Waals surface area contributed by atoms with Crippen molar-refractivity contribution in [3.8, 4) is 11.5 Å². The van der Waals surface area contributed by atoms with E-state index in [0.717, 1.165) is 5.56 Å². The Morgan fingerprint density at radius 2 is 1.27 bits per heavy atom. The van der Waals surface area contributed by atoms with Crippen LogP contribution in [0.5, 0.6) is 11.5 Å². The molecule has 3 rings (SSSR count). The predicted molar refractivity (Wildman–Crippen MR) is 153 cm³/mol. The van der Waals surface area contributed by atoms with Crippen LogP contribution in [0.1, 0.15) is 12.5 Å². The van der Waals surface area contributed by atoms with E-state index in [1.807, 2.05) is 30.3 Å². The first-order valence-electron chi connectivity index (χ1n) is 13.1. The van der Waals surface area contributed by atoms with Gasteiger partial charge in [-0.15, -0.1) is 0 Å². The lowest BCUT2D eigenvalue weighted by Crippen LogP contribution is -2.48. The summed E-state index contributed by atoms with van der Waals surface area (Å²) in [4.78, 5) is 56.4. The highest BCUT2D eigenvalue weighted by Gasteiger charge is 2.27. The van der Waals surface area contributed by atoms with Gasteiger partial charge in [0.2, 0.25) is 17.7 Å². The number of ether oxygens (including phenoxy) is 3. The molecule has 3 amide bonds. The Hall–Kier alpha value is -4.70. The quantitative estimate of drug-likeness (QED) is 0.220. The second-order valence-corrected chi connectivity index (χ2v) is 9.11. The minimum atomic E-state index is -0.685. The number of anilines is 1. The third kappa shape index (κ3) is 9.47. The minimum absolute atomic E-state index is 0.135. The zero-order valence-electron chi connectivity index (χ0n) is 23.5. The molecule has 0 heterocycles. The van der Waals surface area contributed by atoms with E-state index in [9.17, 15) is 19.2 Å². The monoisotopic (exact) mass is 561 g/mol. The smallest absolute Gasteiger partial charge is 0.331 e. The van der Waals surface area contributed by atoms with Crippen molar-refractivity contribution in [2.24, 2.45) is 0 Å². The van der Waals surface area contributed by atoms with E-state index in [0.29, 0.717) is 11.4 Å². The number of amides is 3. The van der Waals surface area contributed by atoms with Gasteiger partial charge in [0.25, 0.3) is 0 Å². The number of carbonyl (C=O) groups excluding carboxylic acids is 4. The molecule has 10 heteroatoms. The van der Waals surface area contributed by atoms with Crippen LogP contribution in [0, 0.1) is 0 Å². The van der Waals surface area contributed by atoms with E-state index in [4.69, 9.17) is 14.2 Å². The van der Waals surface area contributed by atoms with Gasteiger partial charge in [0.05, 0.1) is 20.3 Å². The van der Waals surface area contributed by atoms with Gasteiger partial charge in [-0.25, -0.2) is 4.79 Å². The molecule has 0 saturated heterocycles. The van der Waals surface area contributed by atoms with E-state index in [1.54, 1.807) is 54.6 Å². The third-order valence-corrected chi connectivity index (χ3v) is 6.18. The number of para-hydroxylation sites is 3. The van der Waals surface area contributed by atoms with Crippen molar-refractivity contribution < 1.29 is 33.4 Å². The van der Waals surface area contributed by atoms with Crippen LogP contribution in [0.25, 0.3) is 0 Å². The van der Waals surface area contributed by atoms with Crippen LogP contribution >= 0.6 is 0 Å². The van der Waals surface area contributed by atoms with Crippen LogP contribution in [-0.2, 0) is 30.5 Å². The van der Waals surface area contributed by atoms with Gasteiger partial charge in [-0.05, 0) is 29.8 Å². The van der Waals surface area contributed by atoms with Gasteiger partial charge >= 0.3 is 5.97 Å². The Labute approximate surface area is 240 Å². The molecular weight excluding hydrogens is 526 g/mol. The average molecular weight is 562 g/mol. The third-order valence-electron chi connectivity index (χ3n) is 6.18. The number of nitrogens with zero attached hydrogens (tertiary/aromatic N) is 3. The van der Waals surface area contributed by atoms with Gasteiger partial charge in [-0.3, -0.25) is 19.3 Å². The Morgan fingerprint density at radius 1 is 0.683 bits per heavy atom. The van der Waals surface area contributed by atoms with Crippen molar-refractivity contribution in [3.63, 3.8) is 0 Å². The largest absolute Gasteiger partial charge is 0.493 e. The Kier molecular flexibility index (Phi) is 11.9. The fraction of sp³-hybridized carbons (Fsp3) is 0.290. The van der Waals surface area contributed by atoms with Crippen LogP contribution in [0.4, 0.5) is 5.69 Å². The summed E-state index contributed by atoms with van der Waals surface area (Å²) >= 11 is 0. The Morgan fingerprint density at radius 3 is 1.88 bits per heavy atom. The summed E-state index contributed by atoms with van der Waals surface area (Å²) in [6.45, 7) is 1.05. The maximum absolute atomic E-state index is 13.8. The predicted octanol–water partition coefficient (Wildman–Crippen LogP) is 3.16. The van der Waals surface area contributed by atoms with Crippen LogP contribution < -0.4 is 14.4 Å². The minimum Gasteiger partial charge on any atom is -0.493 e. The topological polar surface area (TPSA) is 106 Å². The lowest BCUT2D eigenvalue weighted by atomic mass is 10.2. The van der Waals surface area contributed by atoms with Crippen molar-refractivity contribution in [2.75, 3.05) is 51.9 Å². The number of methoxy groups -OCH3 is 2. The molecule has 0 atom stereocenters. The van der Waals surface area contributed by atoms with Crippen molar-refractivity contribution in [1.82, 2.24) is 9.80 Å². The van der Waals surface area contributed by atoms with E-state index in [-0.39, 0.29) is 44.4 Å². The van der Waals surface area contributed by atoms with Gasteiger partial charge in [0, 0.05) is 32.8 Å². The van der Waals surface area contributed by atoms with Gasteiger partial charge in [-0.2, -0.15) is 0 Å². The molecule has 0 spiro atoms. The average Bonchev–Trinajstić information content (AvgIpc) is 2.98. The SMILES string of the molecule is COCCN(CC(=O)N(CC(=O)N(CC(=O)Oc1ccccc1OC)c1ccccc1)Cc1ccccc1)C(C)=O. The van der Waals surface area contributed by atoms with E-state index < -0.39 is 24.3 Å². The molecule has 216 valence electrons. The van der Waals surface area contributed by atoms with Gasteiger partial charge in [-0.1, -0.05) is 60.7 Å². The highest BCUT2D eigenvalue weighted by molar-refractivity contribution is 6.00. The first-order valence-corrected chi connectivity index (χ1v) is 13.1. The fourth-order valence-electron chi connectivity index (χ4n) is 4.02. The highest BCUT2D eigenvalue weighted by Crippen LogP contribution is 2.26. The molecule has 0 saturated carbocycles. The van der Waals surface area contributed by atoms with Gasteiger partial charge < -0.3 is 24.0 Å². The maximum Gasteiger partial charge on any atom is 0.331 e. The molecule has 0 N–H and O–H groups in total. The summed E-state index contributed by atoms with van der Waals surface area (Å²) in [5, 5.41) is 0. The number of carbonyl (C=O) groups is 4. The highest BCUT2D eigenvalue weighted by atomic mass is 16.6. The molecule has 0 aromatic heterocycles. The normalized spacial score (nSPS) is 10.4. The molecule has 0 aliphatic heterocycles. The summed E-state index contributed by atoms with van der Waals surface area (Å²) in [5.74, 6) is -1.29. The number of hydrogen-bond donors (Lipinski definition) is 0. The Balaban J connectivity index is 1.84. The van der Waals surface area contributed by atoms with Crippen molar-refractivity contribution in [2.45, 2.75) is 13.5 Å². The number of rotatable bonds is 14. The van der Waals surface area contributed by atoms with Gasteiger partial charge in [0.1, 0.15) is 13.1 Å². The molecule has 0 bridgehead atoms. The number of esters is 1. The molecular formula is C31H35N3O7. The summed E-state index contributed by atoms with van der Waals surface area (Å²) in [5.41, 5.74) is 1.27. The van der Waals surface area contributed by atoms with Crippen molar-refractivity contribution >= 4 is 29.4 Å². The van der Waals surface area contributed by atoms with Crippen LogP contribution in [0.3, 0.4) is 0 Å². The molecule has 3 aromatic rings. The standard InChI is InChI=1S/C31H35N3O7/c1-24(35)32(18-19-39-2)21-29(36)33(20-25-12-6-4-7-13-25)22-30(37)34(26-14-8-5-9-15-26)23-31(38)41-28-17-11-10-16-27(28)40-3/h4-17H,18-23H2,1-3H3. The van der Waals surface area contributed by atoms with E-state index >= 15 is 0 Å². The van der Waals surface area contributed by atoms with Crippen molar-refractivity contribution in [3.05, 3.63) is 90.5 Å². The second kappa shape index (κ2) is 15.8. The molecule has 0 fully saturated rings. The zero-order valence-corrected chi connectivity index (χ0v) is 23.5. The summed E-state index contributed by atoms with van der Waals surface area (Å²) in [7, 11) is 2.98. The molecule has 0 unspecified atom stereocenters. The first-order chi connectivity index (χ1) is 19.8. The van der Waals surface area contributed by atoms with Crippen LogP contribution in [0.15, 0.2) is 84.9 Å².